The number of carbonyl (C=O) groups is 1. The molecule has 0 fully saturated rings. The fraction of sp³-hybridized carbons (Fsp3) is 0.364. The van der Waals surface area contributed by atoms with Crippen molar-refractivity contribution in [3.63, 3.8) is 0 Å². The molecule has 0 amide bonds. The van der Waals surface area contributed by atoms with Gasteiger partial charge in [0.15, 0.2) is 5.78 Å². The van der Waals surface area contributed by atoms with Gasteiger partial charge in [-0.3, -0.25) is 9.59 Å². The monoisotopic (exact) mass is 202 g/mol. The molecule has 0 N–H and O–H groups in total. The normalized spacial score (nSPS) is 14.5. The molecule has 1 aliphatic carbocycles. The number of nitrogens with zero attached hydrogens (tertiary/aromatic N) is 2. The zero-order chi connectivity index (χ0) is 11.0. The van der Waals surface area contributed by atoms with Gasteiger partial charge in [-0.15, -0.1) is 0 Å². The van der Waals surface area contributed by atoms with Crippen molar-refractivity contribution in [1.29, 1.82) is 0 Å². The number of rotatable bonds is 0. The van der Waals surface area contributed by atoms with E-state index in [0.29, 0.717) is 24.0 Å². The molecule has 76 valence electrons. The third-order valence-electron chi connectivity index (χ3n) is 2.70. The van der Waals surface area contributed by atoms with Gasteiger partial charge in [0.25, 0.3) is 11.2 Å². The highest BCUT2D eigenvalue weighted by atomic mass is 16.1. The van der Waals surface area contributed by atoms with Crippen LogP contribution in [0.3, 0.4) is 0 Å². The van der Waals surface area contributed by atoms with Crippen molar-refractivity contribution >= 4 is 11.5 Å². The maximum Gasteiger partial charge on any atom is 0.256 e. The molecule has 4 nitrogen and oxygen atoms in total. The fourth-order valence-corrected chi connectivity index (χ4v) is 1.92. The molecule has 0 saturated heterocycles. The third kappa shape index (κ3) is 1.37. The van der Waals surface area contributed by atoms with Crippen molar-refractivity contribution in [1.82, 2.24) is 4.57 Å². The standard InChI is InChI=1S/C11H10N2O2/c1-12-10-7-4-3-5-9(14)8(7)6-13(2)11(10)15/h6H,3-5H2,2H3. The molecule has 1 aromatic heterocycles. The smallest absolute Gasteiger partial charge is 0.256 e. The Morgan fingerprint density at radius 3 is 2.80 bits per heavy atom. The van der Waals surface area contributed by atoms with Crippen molar-refractivity contribution in [2.24, 2.45) is 7.05 Å². The number of aromatic nitrogens is 1. The number of pyridine rings is 1. The molecule has 0 radical (unpaired) electrons. The van der Waals surface area contributed by atoms with Crippen LogP contribution in [0, 0.1) is 6.57 Å². The van der Waals surface area contributed by atoms with Crippen molar-refractivity contribution in [2.45, 2.75) is 19.3 Å². The Labute approximate surface area is 87.0 Å². The van der Waals surface area contributed by atoms with Gasteiger partial charge in [0.2, 0.25) is 0 Å². The molecule has 0 spiro atoms. The predicted octanol–water partition coefficient (Wildman–Crippen LogP) is 1.46. The van der Waals surface area contributed by atoms with Crippen LogP contribution < -0.4 is 5.56 Å². The summed E-state index contributed by atoms with van der Waals surface area (Å²) in [7, 11) is 1.57. The van der Waals surface area contributed by atoms with E-state index in [1.165, 1.54) is 4.57 Å². The maximum atomic E-state index is 11.6. The van der Waals surface area contributed by atoms with Crippen molar-refractivity contribution in [3.8, 4) is 0 Å². The van der Waals surface area contributed by atoms with Gasteiger partial charge in [0.05, 0.1) is 6.57 Å². The second-order valence-corrected chi connectivity index (χ2v) is 3.67. The van der Waals surface area contributed by atoms with Gasteiger partial charge < -0.3 is 4.57 Å². The molecule has 0 bridgehead atoms. The van der Waals surface area contributed by atoms with Gasteiger partial charge >= 0.3 is 0 Å². The molecule has 1 aromatic rings. The number of hydrogen-bond donors (Lipinski definition) is 0. The van der Waals surface area contributed by atoms with E-state index in [2.05, 4.69) is 4.85 Å². The quantitative estimate of drug-likeness (QED) is 0.598. The molecule has 0 unspecified atom stereocenters. The Hall–Kier alpha value is -1.89. The summed E-state index contributed by atoms with van der Waals surface area (Å²) in [5.41, 5.74) is 1.00. The lowest BCUT2D eigenvalue weighted by Gasteiger charge is -2.16. The minimum absolute atomic E-state index is 0.0387. The van der Waals surface area contributed by atoms with Crippen LogP contribution in [0.5, 0.6) is 0 Å². The molecule has 2 rings (SSSR count). The summed E-state index contributed by atoms with van der Waals surface area (Å²) < 4.78 is 1.31. The first-order valence-electron chi connectivity index (χ1n) is 4.78. The summed E-state index contributed by atoms with van der Waals surface area (Å²) in [6.45, 7) is 6.99. The molecule has 0 atom stereocenters. The number of Topliss-reactive ketones (excluding diaryl/α,β-unsaturated/α-hetero) is 1. The van der Waals surface area contributed by atoms with Gasteiger partial charge in [-0.25, -0.2) is 4.85 Å². The largest absolute Gasteiger partial charge is 0.327 e. The lowest BCUT2D eigenvalue weighted by molar-refractivity contribution is 0.0971. The van der Waals surface area contributed by atoms with E-state index in [9.17, 15) is 9.59 Å². The van der Waals surface area contributed by atoms with Gasteiger partial charge in [0.1, 0.15) is 0 Å². The molecule has 1 aliphatic rings. The number of ketones is 1. The number of aryl methyl sites for hydroxylation is 1. The van der Waals surface area contributed by atoms with Crippen molar-refractivity contribution in [3.05, 3.63) is 39.1 Å². The average molecular weight is 202 g/mol. The Balaban J connectivity index is 2.82. The minimum Gasteiger partial charge on any atom is -0.327 e. The van der Waals surface area contributed by atoms with Crippen molar-refractivity contribution < 1.29 is 4.79 Å². The second-order valence-electron chi connectivity index (χ2n) is 3.67. The Bertz CT molecular complexity index is 535. The topological polar surface area (TPSA) is 43.4 Å². The number of carbonyl (C=O) groups excluding carboxylic acids is 1. The van der Waals surface area contributed by atoms with Gasteiger partial charge in [-0.2, -0.15) is 0 Å². The summed E-state index contributed by atoms with van der Waals surface area (Å²) in [6.07, 6.45) is 3.47. The first-order valence-corrected chi connectivity index (χ1v) is 4.78. The highest BCUT2D eigenvalue weighted by Gasteiger charge is 2.22. The Morgan fingerprint density at radius 2 is 2.13 bits per heavy atom. The van der Waals surface area contributed by atoms with E-state index in [1.54, 1.807) is 13.2 Å². The Morgan fingerprint density at radius 1 is 1.40 bits per heavy atom. The molecule has 0 aromatic carbocycles. The van der Waals surface area contributed by atoms with E-state index in [-0.39, 0.29) is 17.0 Å². The second kappa shape index (κ2) is 3.35. The van der Waals surface area contributed by atoms with E-state index >= 15 is 0 Å². The Kier molecular flexibility index (Phi) is 2.16. The predicted molar refractivity (Wildman–Crippen MR) is 55.2 cm³/mol. The molecular formula is C11H10N2O2. The summed E-state index contributed by atoms with van der Waals surface area (Å²) in [6, 6.07) is 0. The molecular weight excluding hydrogens is 192 g/mol. The summed E-state index contributed by atoms with van der Waals surface area (Å²) in [5.74, 6) is 0.0387. The van der Waals surface area contributed by atoms with E-state index < -0.39 is 0 Å². The lowest BCUT2D eigenvalue weighted by Crippen LogP contribution is -2.22. The first kappa shape index (κ1) is 9.66. The van der Waals surface area contributed by atoms with E-state index in [1.807, 2.05) is 0 Å². The van der Waals surface area contributed by atoms with Gasteiger partial charge in [-0.05, 0) is 18.4 Å². The van der Waals surface area contributed by atoms with Crippen LogP contribution in [-0.4, -0.2) is 10.4 Å². The van der Waals surface area contributed by atoms with E-state index in [4.69, 9.17) is 6.57 Å². The summed E-state index contributed by atoms with van der Waals surface area (Å²) in [5, 5.41) is 0. The van der Waals surface area contributed by atoms with Crippen LogP contribution in [0.25, 0.3) is 4.85 Å². The number of hydrogen-bond acceptors (Lipinski definition) is 2. The van der Waals surface area contributed by atoms with Crippen LogP contribution in [0.1, 0.15) is 28.8 Å². The molecule has 1 heterocycles. The summed E-state index contributed by atoms with van der Waals surface area (Å²) in [4.78, 5) is 26.5. The molecule has 4 heteroatoms. The highest BCUT2D eigenvalue weighted by molar-refractivity contribution is 5.99. The zero-order valence-corrected chi connectivity index (χ0v) is 8.41. The molecule has 15 heavy (non-hydrogen) atoms. The van der Waals surface area contributed by atoms with Gasteiger partial charge in [-0.1, -0.05) is 0 Å². The molecule has 0 aliphatic heterocycles. The lowest BCUT2D eigenvalue weighted by atomic mass is 9.91. The van der Waals surface area contributed by atoms with Crippen LogP contribution in [0.2, 0.25) is 0 Å². The van der Waals surface area contributed by atoms with E-state index in [0.717, 1.165) is 6.42 Å². The van der Waals surface area contributed by atoms with Crippen LogP contribution in [-0.2, 0) is 13.5 Å². The van der Waals surface area contributed by atoms with Crippen LogP contribution in [0.4, 0.5) is 5.69 Å². The van der Waals surface area contributed by atoms with Gasteiger partial charge in [0, 0.05) is 25.2 Å². The maximum absolute atomic E-state index is 11.6. The fourth-order valence-electron chi connectivity index (χ4n) is 1.92. The average Bonchev–Trinajstić information content (AvgIpc) is 2.22. The molecule has 0 saturated carbocycles. The third-order valence-corrected chi connectivity index (χ3v) is 2.70. The highest BCUT2D eigenvalue weighted by Crippen LogP contribution is 2.26. The minimum atomic E-state index is -0.307. The van der Waals surface area contributed by atoms with Crippen molar-refractivity contribution in [2.75, 3.05) is 0 Å². The SMILES string of the molecule is [C-]#[N+]c1c2c(cn(C)c1=O)C(=O)CCC2. The van der Waals surface area contributed by atoms with Crippen LogP contribution >= 0.6 is 0 Å². The van der Waals surface area contributed by atoms with Crippen LogP contribution in [0.15, 0.2) is 11.0 Å². The summed E-state index contributed by atoms with van der Waals surface area (Å²) >= 11 is 0. The zero-order valence-electron chi connectivity index (χ0n) is 8.41. The first-order chi connectivity index (χ1) is 7.15. The number of fused-ring (bicyclic) bond motifs is 1.